The number of likely N-dealkylation sites (N-methyl/N-ethyl adjacent to an activating group) is 1. The highest BCUT2D eigenvalue weighted by Gasteiger charge is 2.47. The Balaban J connectivity index is 1.54. The van der Waals surface area contributed by atoms with Crippen molar-refractivity contribution in [1.29, 1.82) is 0 Å². The Kier molecular flexibility index (Phi) is 7.30. The molecular weight excluding hydrogens is 494 g/mol. The minimum atomic E-state index is -0.869. The molecule has 0 aromatic heterocycles. The Morgan fingerprint density at radius 1 is 0.846 bits per heavy atom. The van der Waals surface area contributed by atoms with Crippen molar-refractivity contribution in [2.45, 2.75) is 26.0 Å². The number of aliphatic hydroxyl groups excluding tert-OH is 1. The van der Waals surface area contributed by atoms with Crippen molar-refractivity contribution < 1.29 is 24.5 Å². The number of carbonyl (C=O) groups excluding carboxylic acids is 2. The van der Waals surface area contributed by atoms with E-state index in [9.17, 15) is 19.8 Å². The van der Waals surface area contributed by atoms with Crippen LogP contribution in [0.2, 0.25) is 0 Å². The maximum atomic E-state index is 13.4. The number of anilines is 2. The second-order valence-electron chi connectivity index (χ2n) is 10.3. The second-order valence-corrected chi connectivity index (χ2v) is 10.3. The van der Waals surface area contributed by atoms with E-state index in [4.69, 9.17) is 4.74 Å². The number of aliphatic hydroxyl groups is 1. The molecule has 0 aliphatic carbocycles. The highest BCUT2D eigenvalue weighted by molar-refractivity contribution is 6.51. The van der Waals surface area contributed by atoms with E-state index in [0.29, 0.717) is 22.6 Å². The number of phenols is 1. The Morgan fingerprint density at radius 2 is 1.44 bits per heavy atom. The number of Topliss-reactive ketones (excluding diaryl/α,β-unsaturated/α-hetero) is 1. The van der Waals surface area contributed by atoms with E-state index in [1.165, 1.54) is 17.0 Å². The summed E-state index contributed by atoms with van der Waals surface area (Å²) in [5, 5.41) is 21.2. The summed E-state index contributed by atoms with van der Waals surface area (Å²) in [7, 11) is 2.11. The number of aromatic hydroxyl groups is 1. The molecule has 0 bridgehead atoms. The minimum absolute atomic E-state index is 0.00749. The van der Waals surface area contributed by atoms with Crippen LogP contribution in [-0.4, -0.2) is 66.1 Å². The van der Waals surface area contributed by atoms with E-state index in [0.717, 1.165) is 31.9 Å². The predicted molar refractivity (Wildman–Crippen MR) is 151 cm³/mol. The lowest BCUT2D eigenvalue weighted by Gasteiger charge is -2.34. The summed E-state index contributed by atoms with van der Waals surface area (Å²) in [6.45, 7) is 7.61. The Bertz CT molecular complexity index is 1370. The third-order valence-electron chi connectivity index (χ3n) is 7.15. The van der Waals surface area contributed by atoms with Gasteiger partial charge in [-0.3, -0.25) is 14.5 Å². The first-order valence-corrected chi connectivity index (χ1v) is 13.1. The molecule has 2 saturated heterocycles. The number of piperazine rings is 1. The van der Waals surface area contributed by atoms with E-state index in [-0.39, 0.29) is 23.2 Å². The number of ether oxygens (including phenoxy) is 1. The highest BCUT2D eigenvalue weighted by atomic mass is 16.5. The fourth-order valence-electron chi connectivity index (χ4n) is 5.08. The molecule has 0 spiro atoms. The normalized spacial score (nSPS) is 19.6. The van der Waals surface area contributed by atoms with Crippen LogP contribution >= 0.6 is 0 Å². The van der Waals surface area contributed by atoms with Gasteiger partial charge in [-0.2, -0.15) is 0 Å². The molecule has 1 amide bonds. The monoisotopic (exact) mass is 527 g/mol. The van der Waals surface area contributed by atoms with Crippen LogP contribution in [0.4, 0.5) is 11.4 Å². The number of hydrogen-bond donors (Lipinski definition) is 2. The molecule has 2 N–H and O–H groups in total. The van der Waals surface area contributed by atoms with Gasteiger partial charge in [0, 0.05) is 43.1 Å². The van der Waals surface area contributed by atoms with Crippen molar-refractivity contribution in [2.75, 3.05) is 43.0 Å². The Morgan fingerprint density at radius 3 is 2.03 bits per heavy atom. The number of carbonyl (C=O) groups is 2. The van der Waals surface area contributed by atoms with Gasteiger partial charge in [0.2, 0.25) is 0 Å². The molecule has 2 heterocycles. The fraction of sp³-hybridized carbons (Fsp3) is 0.290. The van der Waals surface area contributed by atoms with E-state index >= 15 is 0 Å². The number of amides is 1. The van der Waals surface area contributed by atoms with Gasteiger partial charge in [-0.15, -0.1) is 0 Å². The van der Waals surface area contributed by atoms with Crippen LogP contribution in [0.5, 0.6) is 11.5 Å². The lowest BCUT2D eigenvalue weighted by Crippen LogP contribution is -2.44. The van der Waals surface area contributed by atoms with Crippen molar-refractivity contribution in [2.24, 2.45) is 0 Å². The summed E-state index contributed by atoms with van der Waals surface area (Å²) >= 11 is 0. The Labute approximate surface area is 228 Å². The van der Waals surface area contributed by atoms with Gasteiger partial charge in [0.05, 0.1) is 17.7 Å². The Hall–Kier alpha value is -4.30. The van der Waals surface area contributed by atoms with Gasteiger partial charge in [-0.05, 0) is 87.1 Å². The zero-order chi connectivity index (χ0) is 27.7. The van der Waals surface area contributed by atoms with Crippen LogP contribution in [0.3, 0.4) is 0 Å². The molecule has 3 aromatic rings. The molecule has 3 aromatic carbocycles. The minimum Gasteiger partial charge on any atom is -0.508 e. The van der Waals surface area contributed by atoms with Crippen LogP contribution in [-0.2, 0) is 9.59 Å². The van der Waals surface area contributed by atoms with Gasteiger partial charge < -0.3 is 24.7 Å². The van der Waals surface area contributed by atoms with E-state index in [2.05, 4.69) is 16.8 Å². The summed E-state index contributed by atoms with van der Waals surface area (Å²) in [6.07, 6.45) is -0.00749. The van der Waals surface area contributed by atoms with Crippen LogP contribution in [0, 0.1) is 0 Å². The summed E-state index contributed by atoms with van der Waals surface area (Å²) in [4.78, 5) is 32.9. The quantitative estimate of drug-likeness (QED) is 0.276. The summed E-state index contributed by atoms with van der Waals surface area (Å²) in [5.74, 6) is -1.05. The molecule has 1 unspecified atom stereocenters. The number of ketones is 1. The van der Waals surface area contributed by atoms with Gasteiger partial charge >= 0.3 is 0 Å². The molecule has 1 atom stereocenters. The smallest absolute Gasteiger partial charge is 0.300 e. The van der Waals surface area contributed by atoms with E-state index in [1.807, 2.05) is 38.1 Å². The van der Waals surface area contributed by atoms with Crippen molar-refractivity contribution in [3.63, 3.8) is 0 Å². The SMILES string of the molecule is CC(C)Oc1ccc(/C(O)=C2\C(=O)C(=O)N(c3ccc(N4CCN(C)CC4)cc3)C2c2ccc(O)cc2)cc1. The predicted octanol–water partition coefficient (Wildman–Crippen LogP) is 4.56. The maximum absolute atomic E-state index is 13.4. The average Bonchev–Trinajstić information content (AvgIpc) is 3.19. The molecule has 8 nitrogen and oxygen atoms in total. The highest BCUT2D eigenvalue weighted by Crippen LogP contribution is 2.43. The zero-order valence-corrected chi connectivity index (χ0v) is 22.4. The topological polar surface area (TPSA) is 93.5 Å². The van der Waals surface area contributed by atoms with Crippen LogP contribution < -0.4 is 14.5 Å². The molecular formula is C31H33N3O5. The number of hydrogen-bond acceptors (Lipinski definition) is 7. The molecule has 2 aliphatic heterocycles. The molecule has 0 saturated carbocycles. The average molecular weight is 528 g/mol. The first-order valence-electron chi connectivity index (χ1n) is 13.1. The van der Waals surface area contributed by atoms with Gasteiger partial charge in [0.1, 0.15) is 17.3 Å². The standard InChI is InChI=1S/C31H33N3O5/c1-20(2)39-26-14-6-22(7-15-26)29(36)27-28(21-4-12-25(35)13-5-21)34(31(38)30(27)37)24-10-8-23(9-11-24)33-18-16-32(3)17-19-33/h4-15,20,28,35-36H,16-19H2,1-3H3/b29-27+. The van der Waals surface area contributed by atoms with Crippen LogP contribution in [0.15, 0.2) is 78.4 Å². The molecule has 2 aliphatic rings. The van der Waals surface area contributed by atoms with Crippen LogP contribution in [0.25, 0.3) is 5.76 Å². The van der Waals surface area contributed by atoms with E-state index in [1.54, 1.807) is 36.4 Å². The van der Waals surface area contributed by atoms with Gasteiger partial charge in [0.25, 0.3) is 11.7 Å². The second kappa shape index (κ2) is 10.8. The van der Waals surface area contributed by atoms with Gasteiger partial charge in [-0.25, -0.2) is 0 Å². The molecule has 5 rings (SSSR count). The largest absolute Gasteiger partial charge is 0.508 e. The molecule has 202 valence electrons. The van der Waals surface area contributed by atoms with Crippen molar-refractivity contribution in [1.82, 2.24) is 4.90 Å². The van der Waals surface area contributed by atoms with Crippen LogP contribution in [0.1, 0.15) is 31.0 Å². The molecule has 39 heavy (non-hydrogen) atoms. The van der Waals surface area contributed by atoms with Crippen molar-refractivity contribution >= 4 is 28.8 Å². The molecule has 0 radical (unpaired) electrons. The zero-order valence-electron chi connectivity index (χ0n) is 22.4. The van der Waals surface area contributed by atoms with E-state index < -0.39 is 17.7 Å². The summed E-state index contributed by atoms with van der Waals surface area (Å²) in [5.41, 5.74) is 2.59. The van der Waals surface area contributed by atoms with Gasteiger partial charge in [-0.1, -0.05) is 12.1 Å². The number of benzene rings is 3. The number of nitrogens with zero attached hydrogens (tertiary/aromatic N) is 3. The summed E-state index contributed by atoms with van der Waals surface area (Å²) < 4.78 is 5.69. The summed E-state index contributed by atoms with van der Waals surface area (Å²) in [6, 6.07) is 19.8. The first-order chi connectivity index (χ1) is 18.7. The maximum Gasteiger partial charge on any atom is 0.300 e. The number of rotatable bonds is 6. The fourth-order valence-corrected chi connectivity index (χ4v) is 5.08. The van der Waals surface area contributed by atoms with Crippen molar-refractivity contribution in [3.8, 4) is 11.5 Å². The molecule has 8 heteroatoms. The molecule has 2 fully saturated rings. The van der Waals surface area contributed by atoms with Gasteiger partial charge in [0.15, 0.2) is 0 Å². The lowest BCUT2D eigenvalue weighted by atomic mass is 9.95. The van der Waals surface area contributed by atoms with Crippen molar-refractivity contribution in [3.05, 3.63) is 89.5 Å². The first kappa shape index (κ1) is 26.3. The number of phenolic OH excluding ortho intramolecular Hbond substituents is 1. The lowest BCUT2D eigenvalue weighted by molar-refractivity contribution is -0.132. The third kappa shape index (κ3) is 5.33. The third-order valence-corrected chi connectivity index (χ3v) is 7.15.